The van der Waals surface area contributed by atoms with Crippen LogP contribution in [0.4, 0.5) is 0 Å². The number of phenolic OH excluding ortho intramolecular Hbond substituents is 1. The fourth-order valence-corrected chi connectivity index (χ4v) is 4.62. The van der Waals surface area contributed by atoms with Gasteiger partial charge in [0, 0.05) is 30.7 Å². The first-order valence-electron chi connectivity index (χ1n) is 10.6. The average molecular weight is 413 g/mol. The van der Waals surface area contributed by atoms with Crippen LogP contribution in [-0.2, 0) is 12.8 Å². The van der Waals surface area contributed by atoms with Crippen molar-refractivity contribution in [3.8, 4) is 28.7 Å². The second kappa shape index (κ2) is 8.00. The van der Waals surface area contributed by atoms with Crippen molar-refractivity contribution in [2.45, 2.75) is 38.8 Å². The van der Waals surface area contributed by atoms with Crippen LogP contribution in [-0.4, -0.2) is 56.3 Å². The van der Waals surface area contributed by atoms with E-state index in [-0.39, 0.29) is 11.8 Å². The first kappa shape index (κ1) is 20.8. The van der Waals surface area contributed by atoms with Gasteiger partial charge < -0.3 is 19.3 Å². The Morgan fingerprint density at radius 2 is 1.43 bits per heavy atom. The van der Waals surface area contributed by atoms with Gasteiger partial charge in [0.2, 0.25) is 5.75 Å². The van der Waals surface area contributed by atoms with E-state index in [0.717, 1.165) is 37.1 Å². The molecule has 2 aliphatic heterocycles. The minimum atomic E-state index is 0.0309. The van der Waals surface area contributed by atoms with Crippen molar-refractivity contribution < 1.29 is 19.3 Å². The third-order valence-electron chi connectivity index (χ3n) is 6.86. The van der Waals surface area contributed by atoms with E-state index in [1.54, 1.807) is 14.2 Å². The van der Waals surface area contributed by atoms with Crippen molar-refractivity contribution in [1.29, 1.82) is 0 Å². The predicted octanol–water partition coefficient (Wildman–Crippen LogP) is 4.30. The zero-order valence-electron chi connectivity index (χ0n) is 18.8. The maximum atomic E-state index is 11.0. The van der Waals surface area contributed by atoms with Gasteiger partial charge in [-0.25, -0.2) is 0 Å². The second-order valence-electron chi connectivity index (χ2n) is 8.45. The quantitative estimate of drug-likeness (QED) is 0.808. The minimum absolute atomic E-state index is 0.0309. The number of ether oxygens (including phenoxy) is 3. The van der Waals surface area contributed by atoms with Gasteiger partial charge in [-0.05, 0) is 75.7 Å². The third kappa shape index (κ3) is 3.38. The van der Waals surface area contributed by atoms with Gasteiger partial charge in [-0.3, -0.25) is 9.80 Å². The Labute approximate surface area is 179 Å². The topological polar surface area (TPSA) is 54.4 Å². The largest absolute Gasteiger partial charge is 0.502 e. The summed E-state index contributed by atoms with van der Waals surface area (Å²) in [4.78, 5) is 4.60. The van der Waals surface area contributed by atoms with Gasteiger partial charge >= 0.3 is 0 Å². The van der Waals surface area contributed by atoms with E-state index < -0.39 is 0 Å². The number of phenols is 1. The molecule has 2 heterocycles. The summed E-state index contributed by atoms with van der Waals surface area (Å²) in [6.45, 7) is 6.31. The van der Waals surface area contributed by atoms with Crippen LogP contribution in [0.15, 0.2) is 18.2 Å². The molecule has 0 amide bonds. The summed E-state index contributed by atoms with van der Waals surface area (Å²) in [6, 6.07) is 6.49. The van der Waals surface area contributed by atoms with Gasteiger partial charge in [-0.15, -0.1) is 0 Å². The lowest BCUT2D eigenvalue weighted by atomic mass is 9.91. The molecule has 0 saturated carbocycles. The highest BCUT2D eigenvalue weighted by Crippen LogP contribution is 2.50. The Morgan fingerprint density at radius 3 is 2.10 bits per heavy atom. The van der Waals surface area contributed by atoms with E-state index in [9.17, 15) is 5.11 Å². The SMILES string of the molecule is COc1cc2c(cc1Oc1c(O)c(OC)cc3c1[C@@H](C)N(C)CC3)[C@@H](C)N(C)CC2. The molecule has 2 aliphatic rings. The van der Waals surface area contributed by atoms with E-state index in [1.165, 1.54) is 11.1 Å². The van der Waals surface area contributed by atoms with E-state index in [2.05, 4.69) is 49.9 Å². The Morgan fingerprint density at radius 1 is 0.833 bits per heavy atom. The predicted molar refractivity (Wildman–Crippen MR) is 117 cm³/mol. The standard InChI is InChI=1S/C24H32N2O4/c1-14-18-13-20(19(28-5)11-16(18)7-9-25(14)3)30-24-22-15(2)26(4)10-8-17(22)12-21(29-6)23(24)27/h11-15,27H,7-10H2,1-6H3/t14-,15-/m1/s1. The summed E-state index contributed by atoms with van der Waals surface area (Å²) < 4.78 is 17.6. The van der Waals surface area contributed by atoms with Crippen LogP contribution in [0, 0.1) is 0 Å². The maximum Gasteiger partial charge on any atom is 0.201 e. The lowest BCUT2D eigenvalue weighted by Crippen LogP contribution is -2.31. The maximum absolute atomic E-state index is 11.0. The van der Waals surface area contributed by atoms with Crippen molar-refractivity contribution in [2.24, 2.45) is 0 Å². The number of likely N-dealkylation sites (N-methyl/N-ethyl adjacent to an activating group) is 2. The van der Waals surface area contributed by atoms with Crippen LogP contribution in [0.2, 0.25) is 0 Å². The third-order valence-corrected chi connectivity index (χ3v) is 6.86. The zero-order chi connectivity index (χ0) is 21.6. The number of benzene rings is 2. The van der Waals surface area contributed by atoms with Gasteiger partial charge in [0.25, 0.3) is 0 Å². The fraction of sp³-hybridized carbons (Fsp3) is 0.500. The highest BCUT2D eigenvalue weighted by molar-refractivity contribution is 5.62. The van der Waals surface area contributed by atoms with Crippen molar-refractivity contribution in [2.75, 3.05) is 41.4 Å². The molecule has 0 aromatic heterocycles. The number of aromatic hydroxyl groups is 1. The summed E-state index contributed by atoms with van der Waals surface area (Å²) in [6.07, 6.45) is 1.86. The van der Waals surface area contributed by atoms with Gasteiger partial charge in [0.1, 0.15) is 0 Å². The van der Waals surface area contributed by atoms with Crippen molar-refractivity contribution in [3.63, 3.8) is 0 Å². The molecule has 0 fully saturated rings. The van der Waals surface area contributed by atoms with Crippen LogP contribution >= 0.6 is 0 Å². The normalized spacial score (nSPS) is 21.7. The summed E-state index contributed by atoms with van der Waals surface area (Å²) in [5, 5.41) is 11.0. The van der Waals surface area contributed by atoms with Gasteiger partial charge in [-0.1, -0.05) is 0 Å². The molecule has 0 aliphatic carbocycles. The summed E-state index contributed by atoms with van der Waals surface area (Å²) in [5.41, 5.74) is 4.68. The first-order chi connectivity index (χ1) is 14.3. The molecule has 162 valence electrons. The molecule has 2 aromatic rings. The Bertz CT molecular complexity index is 959. The molecule has 6 nitrogen and oxygen atoms in total. The van der Waals surface area contributed by atoms with E-state index in [1.807, 2.05) is 6.07 Å². The van der Waals surface area contributed by atoms with Crippen molar-refractivity contribution >= 4 is 0 Å². The number of methoxy groups -OCH3 is 2. The molecule has 0 saturated heterocycles. The van der Waals surface area contributed by atoms with Crippen molar-refractivity contribution in [1.82, 2.24) is 9.80 Å². The van der Waals surface area contributed by atoms with Crippen LogP contribution in [0.1, 0.15) is 48.2 Å². The number of fused-ring (bicyclic) bond motifs is 2. The van der Waals surface area contributed by atoms with E-state index in [4.69, 9.17) is 14.2 Å². The fourth-order valence-electron chi connectivity index (χ4n) is 4.62. The van der Waals surface area contributed by atoms with Crippen LogP contribution < -0.4 is 14.2 Å². The van der Waals surface area contributed by atoms with Gasteiger partial charge in [0.15, 0.2) is 23.0 Å². The smallest absolute Gasteiger partial charge is 0.201 e. The molecule has 2 atom stereocenters. The second-order valence-corrected chi connectivity index (χ2v) is 8.45. The summed E-state index contributed by atoms with van der Waals surface area (Å²) in [5.74, 6) is 2.22. The molecule has 6 heteroatoms. The van der Waals surface area contributed by atoms with E-state index in [0.29, 0.717) is 29.0 Å². The Balaban J connectivity index is 1.85. The molecule has 0 radical (unpaired) electrons. The molecule has 0 bridgehead atoms. The number of hydrogen-bond acceptors (Lipinski definition) is 6. The Hall–Kier alpha value is -2.44. The summed E-state index contributed by atoms with van der Waals surface area (Å²) in [7, 11) is 7.46. The zero-order valence-corrected chi connectivity index (χ0v) is 18.8. The molecule has 0 spiro atoms. The molecule has 0 unspecified atom stereocenters. The number of rotatable bonds is 4. The lowest BCUT2D eigenvalue weighted by Gasteiger charge is -2.35. The van der Waals surface area contributed by atoms with Crippen molar-refractivity contribution in [3.05, 3.63) is 40.5 Å². The number of hydrogen-bond donors (Lipinski definition) is 1. The Kier molecular flexibility index (Phi) is 5.55. The molecule has 4 rings (SSSR count). The van der Waals surface area contributed by atoms with E-state index >= 15 is 0 Å². The van der Waals surface area contributed by atoms with Crippen LogP contribution in [0.25, 0.3) is 0 Å². The lowest BCUT2D eigenvalue weighted by molar-refractivity contribution is 0.237. The average Bonchev–Trinajstić information content (AvgIpc) is 2.75. The highest BCUT2D eigenvalue weighted by Gasteiger charge is 2.31. The van der Waals surface area contributed by atoms with Gasteiger partial charge in [-0.2, -0.15) is 0 Å². The molecule has 2 aromatic carbocycles. The van der Waals surface area contributed by atoms with Crippen LogP contribution in [0.5, 0.6) is 28.7 Å². The number of nitrogens with zero attached hydrogens (tertiary/aromatic N) is 2. The highest BCUT2D eigenvalue weighted by atomic mass is 16.5. The first-order valence-corrected chi connectivity index (χ1v) is 10.6. The van der Waals surface area contributed by atoms with Crippen LogP contribution in [0.3, 0.4) is 0 Å². The molecule has 1 N–H and O–H groups in total. The monoisotopic (exact) mass is 412 g/mol. The minimum Gasteiger partial charge on any atom is -0.502 e. The molecular weight excluding hydrogens is 380 g/mol. The molecular formula is C24H32N2O4. The van der Waals surface area contributed by atoms with Gasteiger partial charge in [0.05, 0.1) is 14.2 Å². The molecule has 30 heavy (non-hydrogen) atoms. The summed E-state index contributed by atoms with van der Waals surface area (Å²) >= 11 is 0.